The highest BCUT2D eigenvalue weighted by atomic mass is 19.1. The molecule has 2 aromatic carbocycles. The Morgan fingerprint density at radius 3 is 2.38 bits per heavy atom. The van der Waals surface area contributed by atoms with Crippen molar-refractivity contribution < 1.29 is 13.9 Å². The van der Waals surface area contributed by atoms with Gasteiger partial charge in [0.15, 0.2) is 0 Å². The molecule has 2 N–H and O–H groups in total. The van der Waals surface area contributed by atoms with Crippen LogP contribution in [0, 0.1) is 5.82 Å². The standard InChI is InChI=1S/C17H18FNO2/c18-14-4-1-12(2-5-14)13-3-6-16(19)17(11-13)21-15-7-9-20-10-8-15/h1-6,11,15H,7-10,19H2. The highest BCUT2D eigenvalue weighted by Crippen LogP contribution is 2.31. The largest absolute Gasteiger partial charge is 0.488 e. The van der Waals surface area contributed by atoms with E-state index in [2.05, 4.69) is 0 Å². The molecule has 0 aliphatic carbocycles. The van der Waals surface area contributed by atoms with E-state index in [1.807, 2.05) is 18.2 Å². The summed E-state index contributed by atoms with van der Waals surface area (Å²) < 4.78 is 24.3. The van der Waals surface area contributed by atoms with Gasteiger partial charge in [-0.2, -0.15) is 0 Å². The zero-order valence-corrected chi connectivity index (χ0v) is 11.7. The van der Waals surface area contributed by atoms with E-state index in [1.54, 1.807) is 12.1 Å². The number of anilines is 1. The first-order valence-corrected chi connectivity index (χ1v) is 7.12. The SMILES string of the molecule is Nc1ccc(-c2ccc(F)cc2)cc1OC1CCOCC1. The highest BCUT2D eigenvalue weighted by Gasteiger charge is 2.16. The molecule has 21 heavy (non-hydrogen) atoms. The molecule has 0 bridgehead atoms. The first-order chi connectivity index (χ1) is 10.2. The fourth-order valence-corrected chi connectivity index (χ4v) is 2.43. The molecule has 0 unspecified atom stereocenters. The molecular weight excluding hydrogens is 269 g/mol. The van der Waals surface area contributed by atoms with Gasteiger partial charge in [-0.3, -0.25) is 0 Å². The van der Waals surface area contributed by atoms with Gasteiger partial charge in [0.2, 0.25) is 0 Å². The van der Waals surface area contributed by atoms with Gasteiger partial charge >= 0.3 is 0 Å². The van der Waals surface area contributed by atoms with Crippen LogP contribution in [0.3, 0.4) is 0 Å². The van der Waals surface area contributed by atoms with Gasteiger partial charge in [-0.25, -0.2) is 4.39 Å². The number of ether oxygens (including phenoxy) is 2. The zero-order chi connectivity index (χ0) is 14.7. The molecule has 0 amide bonds. The van der Waals surface area contributed by atoms with Crippen molar-refractivity contribution >= 4 is 5.69 Å². The van der Waals surface area contributed by atoms with E-state index in [9.17, 15) is 4.39 Å². The van der Waals surface area contributed by atoms with Crippen molar-refractivity contribution in [3.8, 4) is 16.9 Å². The van der Waals surface area contributed by atoms with Crippen molar-refractivity contribution in [2.75, 3.05) is 18.9 Å². The van der Waals surface area contributed by atoms with Gasteiger partial charge in [-0.1, -0.05) is 18.2 Å². The summed E-state index contributed by atoms with van der Waals surface area (Å²) in [6.45, 7) is 1.45. The Morgan fingerprint density at radius 1 is 1.00 bits per heavy atom. The Morgan fingerprint density at radius 2 is 1.67 bits per heavy atom. The van der Waals surface area contributed by atoms with E-state index < -0.39 is 0 Å². The van der Waals surface area contributed by atoms with Gasteiger partial charge in [0.05, 0.1) is 18.9 Å². The third kappa shape index (κ3) is 3.34. The van der Waals surface area contributed by atoms with Crippen LogP contribution in [0.5, 0.6) is 5.75 Å². The summed E-state index contributed by atoms with van der Waals surface area (Å²) in [6, 6.07) is 12.1. The van der Waals surface area contributed by atoms with Crippen molar-refractivity contribution in [1.82, 2.24) is 0 Å². The van der Waals surface area contributed by atoms with Crippen molar-refractivity contribution in [3.63, 3.8) is 0 Å². The van der Waals surface area contributed by atoms with Crippen LogP contribution in [0.25, 0.3) is 11.1 Å². The van der Waals surface area contributed by atoms with Crippen molar-refractivity contribution in [3.05, 3.63) is 48.3 Å². The average molecular weight is 287 g/mol. The topological polar surface area (TPSA) is 44.5 Å². The fourth-order valence-electron chi connectivity index (χ4n) is 2.43. The minimum Gasteiger partial charge on any atom is -0.488 e. The molecule has 4 heteroatoms. The molecule has 3 nitrogen and oxygen atoms in total. The second-order valence-corrected chi connectivity index (χ2v) is 5.19. The van der Waals surface area contributed by atoms with Crippen LogP contribution in [0.2, 0.25) is 0 Å². The minimum atomic E-state index is -0.243. The molecule has 0 spiro atoms. The van der Waals surface area contributed by atoms with Crippen molar-refractivity contribution in [2.24, 2.45) is 0 Å². The predicted octanol–water partition coefficient (Wildman–Crippen LogP) is 3.63. The molecular formula is C17H18FNO2. The van der Waals surface area contributed by atoms with Gasteiger partial charge in [-0.05, 0) is 35.4 Å². The lowest BCUT2D eigenvalue weighted by molar-refractivity contribution is 0.0259. The summed E-state index contributed by atoms with van der Waals surface area (Å²) >= 11 is 0. The lowest BCUT2D eigenvalue weighted by Gasteiger charge is -2.24. The smallest absolute Gasteiger partial charge is 0.143 e. The molecule has 1 heterocycles. The molecule has 1 aliphatic heterocycles. The Labute approximate surface area is 123 Å². The lowest BCUT2D eigenvalue weighted by atomic mass is 10.0. The summed E-state index contributed by atoms with van der Waals surface area (Å²) in [7, 11) is 0. The molecule has 2 aromatic rings. The van der Waals surface area contributed by atoms with E-state index >= 15 is 0 Å². The second kappa shape index (κ2) is 6.14. The summed E-state index contributed by atoms with van der Waals surface area (Å²) in [5.74, 6) is 0.441. The number of rotatable bonds is 3. The van der Waals surface area contributed by atoms with E-state index in [0.717, 1.165) is 37.2 Å². The van der Waals surface area contributed by atoms with Crippen LogP contribution in [0.1, 0.15) is 12.8 Å². The van der Waals surface area contributed by atoms with Gasteiger partial charge < -0.3 is 15.2 Å². The maximum Gasteiger partial charge on any atom is 0.143 e. The van der Waals surface area contributed by atoms with E-state index in [-0.39, 0.29) is 11.9 Å². The monoisotopic (exact) mass is 287 g/mol. The highest BCUT2D eigenvalue weighted by molar-refractivity contribution is 5.69. The van der Waals surface area contributed by atoms with E-state index in [1.165, 1.54) is 12.1 Å². The summed E-state index contributed by atoms with van der Waals surface area (Å²) in [6.07, 6.45) is 1.89. The summed E-state index contributed by atoms with van der Waals surface area (Å²) in [5.41, 5.74) is 8.51. The molecule has 1 saturated heterocycles. The van der Waals surface area contributed by atoms with Crippen molar-refractivity contribution in [2.45, 2.75) is 18.9 Å². The first kappa shape index (κ1) is 13.9. The average Bonchev–Trinajstić information content (AvgIpc) is 2.51. The molecule has 0 saturated carbocycles. The molecule has 110 valence electrons. The Bertz CT molecular complexity index is 607. The Kier molecular flexibility index (Phi) is 4.06. The number of hydrogen-bond donors (Lipinski definition) is 1. The Balaban J connectivity index is 1.83. The van der Waals surface area contributed by atoms with Gasteiger partial charge in [0, 0.05) is 12.8 Å². The zero-order valence-electron chi connectivity index (χ0n) is 11.7. The third-order valence-electron chi connectivity index (χ3n) is 3.65. The van der Waals surface area contributed by atoms with Gasteiger partial charge in [0.1, 0.15) is 17.7 Å². The normalized spacial score (nSPS) is 15.9. The quantitative estimate of drug-likeness (QED) is 0.877. The van der Waals surface area contributed by atoms with Crippen molar-refractivity contribution in [1.29, 1.82) is 0 Å². The van der Waals surface area contributed by atoms with Gasteiger partial charge in [-0.15, -0.1) is 0 Å². The molecule has 0 radical (unpaired) electrons. The molecule has 3 rings (SSSR count). The van der Waals surface area contributed by atoms with E-state index in [0.29, 0.717) is 11.4 Å². The second-order valence-electron chi connectivity index (χ2n) is 5.19. The fraction of sp³-hybridized carbons (Fsp3) is 0.294. The minimum absolute atomic E-state index is 0.143. The van der Waals surface area contributed by atoms with Crippen LogP contribution in [0.15, 0.2) is 42.5 Å². The number of benzene rings is 2. The maximum atomic E-state index is 13.0. The summed E-state index contributed by atoms with van der Waals surface area (Å²) in [5, 5.41) is 0. The van der Waals surface area contributed by atoms with Crippen LogP contribution in [-0.4, -0.2) is 19.3 Å². The predicted molar refractivity (Wildman–Crippen MR) is 80.7 cm³/mol. The van der Waals surface area contributed by atoms with Crippen LogP contribution in [0.4, 0.5) is 10.1 Å². The maximum absolute atomic E-state index is 13.0. The first-order valence-electron chi connectivity index (χ1n) is 7.12. The van der Waals surface area contributed by atoms with Crippen LogP contribution in [-0.2, 0) is 4.74 Å². The Hall–Kier alpha value is -2.07. The third-order valence-corrected chi connectivity index (χ3v) is 3.65. The van der Waals surface area contributed by atoms with E-state index in [4.69, 9.17) is 15.2 Å². The number of halogens is 1. The van der Waals surface area contributed by atoms with Crippen LogP contribution < -0.4 is 10.5 Å². The lowest BCUT2D eigenvalue weighted by Crippen LogP contribution is -2.26. The summed E-state index contributed by atoms with van der Waals surface area (Å²) in [4.78, 5) is 0. The number of nitrogens with two attached hydrogens (primary N) is 1. The van der Waals surface area contributed by atoms with Crippen LogP contribution >= 0.6 is 0 Å². The molecule has 0 aromatic heterocycles. The molecule has 0 atom stereocenters. The number of hydrogen-bond acceptors (Lipinski definition) is 3. The van der Waals surface area contributed by atoms with Gasteiger partial charge in [0.25, 0.3) is 0 Å². The molecule has 1 fully saturated rings. The number of nitrogen functional groups attached to an aromatic ring is 1. The molecule has 1 aliphatic rings.